The molecule has 0 aliphatic carbocycles. The van der Waals surface area contributed by atoms with Crippen molar-refractivity contribution >= 4 is 11.5 Å². The maximum absolute atomic E-state index is 13.1. The molecule has 4 nitrogen and oxygen atoms in total. The van der Waals surface area contributed by atoms with Crippen molar-refractivity contribution in [2.24, 2.45) is 0 Å². The summed E-state index contributed by atoms with van der Waals surface area (Å²) in [4.78, 5) is 11.1. The molecule has 1 rings (SSSR count). The first kappa shape index (κ1) is 19.3. The summed E-state index contributed by atoms with van der Waals surface area (Å²) in [6, 6.07) is 3.32. The number of aliphatic hydroxyl groups excluding tert-OH is 1. The highest BCUT2D eigenvalue weighted by Crippen LogP contribution is 2.38. The molecule has 130 valence electrons. The fraction of sp³-hybridized carbons (Fsp3) is 0.235. The molecule has 2 N–H and O–H groups in total. The van der Waals surface area contributed by atoms with Gasteiger partial charge in [0.1, 0.15) is 17.1 Å². The molecular weight excluding hydrogens is 325 g/mol. The van der Waals surface area contributed by atoms with Crippen molar-refractivity contribution in [3.63, 3.8) is 0 Å². The van der Waals surface area contributed by atoms with E-state index in [9.17, 15) is 23.1 Å². The highest BCUT2D eigenvalue weighted by Gasteiger charge is 2.34. The lowest BCUT2D eigenvalue weighted by molar-refractivity contribution is -0.139. The van der Waals surface area contributed by atoms with Gasteiger partial charge >= 0.3 is 12.1 Å². The number of rotatable bonds is 6. The van der Waals surface area contributed by atoms with Crippen molar-refractivity contribution in [1.82, 2.24) is 0 Å². The number of carboxylic acids is 1. The Hall–Kier alpha value is -2.70. The smallest absolute Gasteiger partial charge is 0.419 e. The standard InChI is InChI=1S/C17H17F3O4/c1-4-14(21)12(16(22)23)8-10(3)11-6-7-15(24-5-2)13(9-11)17(18,19)20/h4,6-9,21H,3,5H2,1-2H3,(H,22,23)/b12-8+,14-4+. The first-order valence-corrected chi connectivity index (χ1v) is 6.95. The third kappa shape index (κ3) is 4.65. The number of aliphatic hydroxyl groups is 1. The molecule has 0 spiro atoms. The van der Waals surface area contributed by atoms with E-state index in [1.54, 1.807) is 6.92 Å². The van der Waals surface area contributed by atoms with Crippen molar-refractivity contribution in [2.45, 2.75) is 20.0 Å². The summed E-state index contributed by atoms with van der Waals surface area (Å²) in [5.41, 5.74) is -1.38. The number of carboxylic acid groups (broad SMARTS) is 1. The number of benzene rings is 1. The minimum absolute atomic E-state index is 0.00866. The van der Waals surface area contributed by atoms with Gasteiger partial charge in [-0.3, -0.25) is 0 Å². The van der Waals surface area contributed by atoms with E-state index < -0.39 is 29.0 Å². The van der Waals surface area contributed by atoms with Gasteiger partial charge in [-0.05, 0) is 49.3 Å². The van der Waals surface area contributed by atoms with E-state index >= 15 is 0 Å². The monoisotopic (exact) mass is 342 g/mol. The first-order valence-electron chi connectivity index (χ1n) is 6.95. The van der Waals surface area contributed by atoms with E-state index in [0.29, 0.717) is 0 Å². The average molecular weight is 342 g/mol. The van der Waals surface area contributed by atoms with Crippen LogP contribution in [0.5, 0.6) is 5.75 Å². The zero-order chi connectivity index (χ0) is 18.5. The summed E-state index contributed by atoms with van der Waals surface area (Å²) in [5.74, 6) is -2.25. The van der Waals surface area contributed by atoms with Crippen molar-refractivity contribution < 1.29 is 32.9 Å². The minimum Gasteiger partial charge on any atom is -0.507 e. The van der Waals surface area contributed by atoms with Crippen LogP contribution in [0.4, 0.5) is 13.2 Å². The lowest BCUT2D eigenvalue weighted by atomic mass is 10.0. The molecule has 7 heteroatoms. The summed E-state index contributed by atoms with van der Waals surface area (Å²) in [6.07, 6.45) is -2.47. The van der Waals surface area contributed by atoms with Gasteiger partial charge in [-0.1, -0.05) is 12.6 Å². The van der Waals surface area contributed by atoms with Crippen LogP contribution in [0.15, 0.2) is 48.3 Å². The highest BCUT2D eigenvalue weighted by atomic mass is 19.4. The van der Waals surface area contributed by atoms with Gasteiger partial charge in [-0.15, -0.1) is 0 Å². The van der Waals surface area contributed by atoms with Crippen LogP contribution in [0, 0.1) is 0 Å². The van der Waals surface area contributed by atoms with Gasteiger partial charge in [0.25, 0.3) is 0 Å². The highest BCUT2D eigenvalue weighted by molar-refractivity contribution is 5.94. The Kier molecular flexibility index (Phi) is 6.22. The predicted molar refractivity (Wildman–Crippen MR) is 83.8 cm³/mol. The maximum atomic E-state index is 13.1. The number of ether oxygens (including phenoxy) is 1. The maximum Gasteiger partial charge on any atom is 0.419 e. The topological polar surface area (TPSA) is 66.8 Å². The fourth-order valence-electron chi connectivity index (χ4n) is 1.89. The van der Waals surface area contributed by atoms with Crippen LogP contribution in [0.3, 0.4) is 0 Å². The molecule has 0 aromatic heterocycles. The minimum atomic E-state index is -4.63. The van der Waals surface area contributed by atoms with E-state index in [4.69, 9.17) is 9.84 Å². The van der Waals surface area contributed by atoms with Crippen LogP contribution < -0.4 is 4.74 Å². The predicted octanol–water partition coefficient (Wildman–Crippen LogP) is 4.59. The van der Waals surface area contributed by atoms with Gasteiger partial charge in [0, 0.05) is 0 Å². The molecule has 0 heterocycles. The van der Waals surface area contributed by atoms with Crippen LogP contribution in [0.2, 0.25) is 0 Å². The third-order valence-electron chi connectivity index (χ3n) is 3.05. The van der Waals surface area contributed by atoms with Crippen molar-refractivity contribution in [3.05, 3.63) is 59.4 Å². The summed E-state index contributed by atoms with van der Waals surface area (Å²) in [6.45, 7) is 6.64. The van der Waals surface area contributed by atoms with Crippen LogP contribution in [0.1, 0.15) is 25.0 Å². The lowest BCUT2D eigenvalue weighted by Gasteiger charge is -2.15. The second-order valence-electron chi connectivity index (χ2n) is 4.70. The Balaban J connectivity index is 3.36. The number of aliphatic carboxylic acids is 1. The van der Waals surface area contributed by atoms with E-state index in [1.807, 2.05) is 0 Å². The molecule has 0 aliphatic heterocycles. The Morgan fingerprint density at radius 2 is 1.96 bits per heavy atom. The fourth-order valence-corrected chi connectivity index (χ4v) is 1.89. The van der Waals surface area contributed by atoms with Gasteiger partial charge in [-0.25, -0.2) is 4.79 Å². The summed E-state index contributed by atoms with van der Waals surface area (Å²) < 4.78 is 44.3. The summed E-state index contributed by atoms with van der Waals surface area (Å²) in [5, 5.41) is 18.6. The second-order valence-corrected chi connectivity index (χ2v) is 4.70. The normalized spacial score (nSPS) is 12.9. The van der Waals surface area contributed by atoms with Gasteiger partial charge in [0.05, 0.1) is 12.2 Å². The first-order chi connectivity index (χ1) is 11.1. The number of hydrogen-bond acceptors (Lipinski definition) is 3. The molecule has 0 saturated heterocycles. The number of allylic oxidation sites excluding steroid dienone is 3. The largest absolute Gasteiger partial charge is 0.507 e. The van der Waals surface area contributed by atoms with Crippen LogP contribution in [-0.4, -0.2) is 22.8 Å². The molecule has 0 saturated carbocycles. The molecule has 0 bridgehead atoms. The molecule has 0 unspecified atom stereocenters. The Labute approximate surface area is 137 Å². The lowest BCUT2D eigenvalue weighted by Crippen LogP contribution is -2.09. The van der Waals surface area contributed by atoms with E-state index in [2.05, 4.69) is 6.58 Å². The summed E-state index contributed by atoms with van der Waals surface area (Å²) in [7, 11) is 0. The van der Waals surface area contributed by atoms with E-state index in [1.165, 1.54) is 13.0 Å². The average Bonchev–Trinajstić information content (AvgIpc) is 2.50. The Morgan fingerprint density at radius 1 is 1.33 bits per heavy atom. The Morgan fingerprint density at radius 3 is 2.42 bits per heavy atom. The molecule has 1 aromatic rings. The molecule has 0 radical (unpaired) electrons. The van der Waals surface area contributed by atoms with Gasteiger partial charge in [0.2, 0.25) is 0 Å². The summed E-state index contributed by atoms with van der Waals surface area (Å²) >= 11 is 0. The molecule has 0 amide bonds. The second kappa shape index (κ2) is 7.72. The number of halogens is 3. The SMILES string of the molecule is C=C(/C=C(C(=O)O)\C(O)=C/C)c1ccc(OCC)c(C(F)(F)F)c1. The number of alkyl halides is 3. The van der Waals surface area contributed by atoms with Gasteiger partial charge < -0.3 is 14.9 Å². The molecule has 1 aromatic carbocycles. The van der Waals surface area contributed by atoms with Crippen LogP contribution in [-0.2, 0) is 11.0 Å². The van der Waals surface area contributed by atoms with Gasteiger partial charge in [0.15, 0.2) is 0 Å². The van der Waals surface area contributed by atoms with Crippen molar-refractivity contribution in [1.29, 1.82) is 0 Å². The molecule has 0 atom stereocenters. The van der Waals surface area contributed by atoms with Crippen LogP contribution >= 0.6 is 0 Å². The number of carbonyl (C=O) groups is 1. The number of hydrogen-bond donors (Lipinski definition) is 2. The molecule has 0 aliphatic rings. The zero-order valence-electron chi connectivity index (χ0n) is 13.1. The Bertz CT molecular complexity index is 700. The molecule has 24 heavy (non-hydrogen) atoms. The zero-order valence-corrected chi connectivity index (χ0v) is 13.1. The molecule has 0 fully saturated rings. The quantitative estimate of drug-likeness (QED) is 0.451. The van der Waals surface area contributed by atoms with Crippen LogP contribution in [0.25, 0.3) is 5.57 Å². The van der Waals surface area contributed by atoms with E-state index in [-0.39, 0.29) is 23.5 Å². The van der Waals surface area contributed by atoms with Gasteiger partial charge in [-0.2, -0.15) is 13.2 Å². The third-order valence-corrected chi connectivity index (χ3v) is 3.05. The van der Waals surface area contributed by atoms with Crippen molar-refractivity contribution in [2.75, 3.05) is 6.61 Å². The molecular formula is C17H17F3O4. The van der Waals surface area contributed by atoms with Crippen molar-refractivity contribution in [3.8, 4) is 5.75 Å². The van der Waals surface area contributed by atoms with E-state index in [0.717, 1.165) is 24.3 Å².